The van der Waals surface area contributed by atoms with Crippen LogP contribution in [0.4, 0.5) is 5.95 Å². The molecule has 2 aromatic rings. The van der Waals surface area contributed by atoms with E-state index in [4.69, 9.17) is 0 Å². The molecule has 0 aliphatic rings. The van der Waals surface area contributed by atoms with E-state index in [1.54, 1.807) is 11.3 Å². The zero-order valence-electron chi connectivity index (χ0n) is 8.08. The average Bonchev–Trinajstić information content (AvgIpc) is 2.71. The van der Waals surface area contributed by atoms with E-state index < -0.39 is 0 Å². The van der Waals surface area contributed by atoms with Crippen LogP contribution in [-0.4, -0.2) is 21.8 Å². The third-order valence-corrected chi connectivity index (χ3v) is 5.22. The van der Waals surface area contributed by atoms with Crippen LogP contribution in [0.5, 0.6) is 0 Å². The van der Waals surface area contributed by atoms with Crippen LogP contribution in [0.1, 0.15) is 0 Å². The van der Waals surface area contributed by atoms with Gasteiger partial charge in [-0.1, -0.05) is 0 Å². The molecule has 0 aromatic carbocycles. The molecule has 0 unspecified atom stereocenters. The number of rotatable bonds is 2. The number of thiophene rings is 1. The maximum Gasteiger partial charge on any atom is 0.224 e. The van der Waals surface area contributed by atoms with Crippen molar-refractivity contribution in [3.63, 3.8) is 0 Å². The van der Waals surface area contributed by atoms with Crippen LogP contribution in [0.25, 0.3) is 10.7 Å². The van der Waals surface area contributed by atoms with Crippen molar-refractivity contribution < 1.29 is 0 Å². The summed E-state index contributed by atoms with van der Waals surface area (Å²) in [5.74, 6) is 1.61. The molecule has 4 nitrogen and oxygen atoms in total. The zero-order valence-corrected chi connectivity index (χ0v) is 12.1. The van der Waals surface area contributed by atoms with Crippen molar-refractivity contribution in [3.8, 4) is 10.7 Å². The minimum absolute atomic E-state index is 0.755. The molecule has 0 saturated heterocycles. The molecule has 7 heteroatoms. The molecular formula is C8H8Br2N4S. The van der Waals surface area contributed by atoms with Crippen molar-refractivity contribution >= 4 is 49.1 Å². The summed E-state index contributed by atoms with van der Waals surface area (Å²) in [6.45, 7) is 0. The highest BCUT2D eigenvalue weighted by atomic mass is 79.9. The van der Waals surface area contributed by atoms with Crippen LogP contribution >= 0.6 is 43.2 Å². The van der Waals surface area contributed by atoms with Gasteiger partial charge in [-0.25, -0.2) is 0 Å². The lowest BCUT2D eigenvalue weighted by molar-refractivity contribution is 0.927. The Morgan fingerprint density at radius 2 is 2.13 bits per heavy atom. The Morgan fingerprint density at radius 3 is 2.60 bits per heavy atom. The van der Waals surface area contributed by atoms with E-state index in [2.05, 4.69) is 47.4 Å². The zero-order chi connectivity index (χ0) is 11.0. The summed E-state index contributed by atoms with van der Waals surface area (Å²) in [4.78, 5) is 1.07. The van der Waals surface area contributed by atoms with Gasteiger partial charge in [0, 0.05) is 18.6 Å². The number of nitrogens with one attached hydrogen (secondary N) is 1. The number of nitrogens with zero attached hydrogens (tertiary/aromatic N) is 3. The van der Waals surface area contributed by atoms with Crippen molar-refractivity contribution in [1.82, 2.24) is 14.8 Å². The first kappa shape index (κ1) is 11.1. The molecule has 0 spiro atoms. The lowest BCUT2D eigenvalue weighted by Gasteiger charge is -1.99. The lowest BCUT2D eigenvalue weighted by Crippen LogP contribution is -1.98. The van der Waals surface area contributed by atoms with Crippen molar-refractivity contribution in [2.24, 2.45) is 7.05 Å². The molecule has 0 bridgehead atoms. The summed E-state index contributed by atoms with van der Waals surface area (Å²) in [6.07, 6.45) is 0. The second-order valence-corrected chi connectivity index (χ2v) is 6.11. The number of hydrogen-bond acceptors (Lipinski definition) is 4. The summed E-state index contributed by atoms with van der Waals surface area (Å²) in [6, 6.07) is 2.03. The Bertz CT molecular complexity index is 471. The standard InChI is InChI=1S/C8H8Br2N4S/c1-11-8-13-12-7(14(8)2)5-3-4(9)6(10)15-5/h3H,1-2H3,(H,11,13). The van der Waals surface area contributed by atoms with E-state index in [0.29, 0.717) is 0 Å². The molecule has 15 heavy (non-hydrogen) atoms. The molecule has 0 aliphatic heterocycles. The molecule has 1 N–H and O–H groups in total. The van der Waals surface area contributed by atoms with Crippen molar-refractivity contribution in [2.75, 3.05) is 12.4 Å². The predicted octanol–water partition coefficient (Wildman–Crippen LogP) is 3.11. The monoisotopic (exact) mass is 350 g/mol. The van der Waals surface area contributed by atoms with Gasteiger partial charge in [-0.15, -0.1) is 21.5 Å². The Morgan fingerprint density at radius 1 is 1.40 bits per heavy atom. The number of aromatic nitrogens is 3. The molecule has 80 valence electrons. The van der Waals surface area contributed by atoms with Gasteiger partial charge in [-0.05, 0) is 37.9 Å². The Balaban J connectivity index is 2.49. The number of hydrogen-bond donors (Lipinski definition) is 1. The van der Waals surface area contributed by atoms with Crippen molar-refractivity contribution in [3.05, 3.63) is 14.3 Å². The minimum atomic E-state index is 0.755. The normalized spacial score (nSPS) is 10.7. The molecule has 2 aromatic heterocycles. The van der Waals surface area contributed by atoms with Gasteiger partial charge in [-0.2, -0.15) is 0 Å². The first-order valence-electron chi connectivity index (χ1n) is 4.16. The van der Waals surface area contributed by atoms with Gasteiger partial charge in [0.2, 0.25) is 5.95 Å². The summed E-state index contributed by atoms with van der Waals surface area (Å²) in [7, 11) is 3.76. The second-order valence-electron chi connectivity index (χ2n) is 2.89. The highest BCUT2D eigenvalue weighted by Crippen LogP contribution is 2.37. The van der Waals surface area contributed by atoms with E-state index in [-0.39, 0.29) is 0 Å². The molecule has 0 amide bonds. The second kappa shape index (κ2) is 4.23. The van der Waals surface area contributed by atoms with Gasteiger partial charge in [0.15, 0.2) is 5.82 Å². The maximum atomic E-state index is 4.13. The molecule has 2 rings (SSSR count). The molecule has 2 heterocycles. The van der Waals surface area contributed by atoms with Gasteiger partial charge in [0.25, 0.3) is 0 Å². The fraction of sp³-hybridized carbons (Fsp3) is 0.250. The van der Waals surface area contributed by atoms with Gasteiger partial charge in [0.05, 0.1) is 8.66 Å². The van der Waals surface area contributed by atoms with Crippen LogP contribution < -0.4 is 5.32 Å². The summed E-state index contributed by atoms with van der Waals surface area (Å²) in [5.41, 5.74) is 0. The SMILES string of the molecule is CNc1nnc(-c2cc(Br)c(Br)s2)n1C. The highest BCUT2D eigenvalue weighted by Gasteiger charge is 2.13. The van der Waals surface area contributed by atoms with Crippen LogP contribution in [0.15, 0.2) is 14.3 Å². The largest absolute Gasteiger partial charge is 0.357 e. The molecule has 0 saturated carbocycles. The van der Waals surface area contributed by atoms with E-state index in [0.717, 1.165) is 24.9 Å². The quantitative estimate of drug-likeness (QED) is 0.903. The molecule has 0 fully saturated rings. The Hall–Kier alpha value is -0.400. The maximum absolute atomic E-state index is 4.13. The third-order valence-electron chi connectivity index (χ3n) is 1.96. The average molecular weight is 352 g/mol. The van der Waals surface area contributed by atoms with E-state index in [9.17, 15) is 0 Å². The summed E-state index contributed by atoms with van der Waals surface area (Å²) < 4.78 is 4.02. The van der Waals surface area contributed by atoms with Crippen molar-refractivity contribution in [2.45, 2.75) is 0 Å². The fourth-order valence-electron chi connectivity index (χ4n) is 1.22. The molecule has 0 aliphatic carbocycles. The van der Waals surface area contributed by atoms with Crippen LogP contribution in [-0.2, 0) is 7.05 Å². The van der Waals surface area contributed by atoms with E-state index >= 15 is 0 Å². The third kappa shape index (κ3) is 1.95. The topological polar surface area (TPSA) is 42.7 Å². The molecular weight excluding hydrogens is 344 g/mol. The Kier molecular flexibility index (Phi) is 3.13. The predicted molar refractivity (Wildman–Crippen MR) is 69.3 cm³/mol. The number of anilines is 1. The van der Waals surface area contributed by atoms with Gasteiger partial charge in [0.1, 0.15) is 0 Å². The number of halogens is 2. The molecule has 0 radical (unpaired) electrons. The van der Waals surface area contributed by atoms with E-state index in [1.807, 2.05) is 24.7 Å². The van der Waals surface area contributed by atoms with Crippen LogP contribution in [0.3, 0.4) is 0 Å². The Labute approximate surface area is 108 Å². The van der Waals surface area contributed by atoms with Crippen molar-refractivity contribution in [1.29, 1.82) is 0 Å². The van der Waals surface area contributed by atoms with Crippen LogP contribution in [0.2, 0.25) is 0 Å². The molecule has 0 atom stereocenters. The first-order valence-corrected chi connectivity index (χ1v) is 6.56. The lowest BCUT2D eigenvalue weighted by atomic mass is 10.4. The van der Waals surface area contributed by atoms with Gasteiger partial charge >= 0.3 is 0 Å². The van der Waals surface area contributed by atoms with E-state index in [1.165, 1.54) is 0 Å². The van der Waals surface area contributed by atoms with Crippen LogP contribution in [0, 0.1) is 0 Å². The van der Waals surface area contributed by atoms with Gasteiger partial charge in [-0.3, -0.25) is 4.57 Å². The van der Waals surface area contributed by atoms with Gasteiger partial charge < -0.3 is 5.32 Å². The minimum Gasteiger partial charge on any atom is -0.357 e. The highest BCUT2D eigenvalue weighted by molar-refractivity contribution is 9.13. The first-order chi connectivity index (χ1) is 7.13. The smallest absolute Gasteiger partial charge is 0.224 e. The summed E-state index contributed by atoms with van der Waals surface area (Å²) in [5, 5.41) is 11.1. The fourth-order valence-corrected chi connectivity index (χ4v) is 3.27. The summed E-state index contributed by atoms with van der Waals surface area (Å²) >= 11 is 8.54.